The van der Waals surface area contributed by atoms with Crippen LogP contribution in [0.1, 0.15) is 53.6 Å². The van der Waals surface area contributed by atoms with E-state index in [-0.39, 0.29) is 5.92 Å². The number of aromatic carboxylic acids is 1. The van der Waals surface area contributed by atoms with Crippen molar-refractivity contribution in [2.24, 2.45) is 0 Å². The molecule has 1 fully saturated rings. The number of halogens is 1. The lowest BCUT2D eigenvalue weighted by molar-refractivity contribution is 0.0695. The Morgan fingerprint density at radius 1 is 1.16 bits per heavy atom. The monoisotopic (exact) mass is 357 g/mol. The molecular weight excluding hydrogens is 334 g/mol. The van der Waals surface area contributed by atoms with Crippen molar-refractivity contribution in [3.8, 4) is 0 Å². The molecule has 0 aliphatic carbocycles. The highest BCUT2D eigenvalue weighted by Crippen LogP contribution is 2.32. The molecule has 3 nitrogen and oxygen atoms in total. The molecule has 1 heterocycles. The van der Waals surface area contributed by atoms with Crippen molar-refractivity contribution in [1.29, 1.82) is 0 Å². The zero-order valence-electron chi connectivity index (χ0n) is 14.5. The van der Waals surface area contributed by atoms with Gasteiger partial charge >= 0.3 is 5.97 Å². The number of rotatable bonds is 5. The Hall–Kier alpha value is -2.00. The summed E-state index contributed by atoms with van der Waals surface area (Å²) in [6.45, 7) is 4.26. The van der Waals surface area contributed by atoms with Crippen LogP contribution in [-0.4, -0.2) is 24.2 Å². The molecule has 0 spiro atoms. The number of hydrogen-bond donors (Lipinski definition) is 1. The van der Waals surface area contributed by atoms with E-state index in [1.165, 1.54) is 19.3 Å². The van der Waals surface area contributed by atoms with E-state index < -0.39 is 5.97 Å². The summed E-state index contributed by atoms with van der Waals surface area (Å²) < 4.78 is 0. The molecule has 0 radical (unpaired) electrons. The standard InChI is InChI=1S/C21H24ClNO2/c1-15(13-17-7-3-4-8-18(17)21(24)25)16-9-10-20(19(22)14-16)23-11-5-2-6-12-23/h3-4,7-10,14-15H,2,5-6,11-13H2,1H3,(H,24,25). The van der Waals surface area contributed by atoms with Crippen LogP contribution in [0.25, 0.3) is 0 Å². The predicted octanol–water partition coefficient (Wildman–Crippen LogP) is 5.37. The first-order valence-electron chi connectivity index (χ1n) is 8.92. The van der Waals surface area contributed by atoms with Gasteiger partial charge in [0, 0.05) is 13.1 Å². The van der Waals surface area contributed by atoms with E-state index in [9.17, 15) is 9.90 Å². The summed E-state index contributed by atoms with van der Waals surface area (Å²) in [6, 6.07) is 13.5. The van der Waals surface area contributed by atoms with Gasteiger partial charge in [-0.15, -0.1) is 0 Å². The summed E-state index contributed by atoms with van der Waals surface area (Å²) in [4.78, 5) is 13.7. The summed E-state index contributed by atoms with van der Waals surface area (Å²) in [5, 5.41) is 10.1. The van der Waals surface area contributed by atoms with Gasteiger partial charge in [-0.1, -0.05) is 42.8 Å². The van der Waals surface area contributed by atoms with Crippen LogP contribution in [0.5, 0.6) is 0 Å². The minimum Gasteiger partial charge on any atom is -0.478 e. The van der Waals surface area contributed by atoms with Crippen LogP contribution in [0.3, 0.4) is 0 Å². The predicted molar refractivity (Wildman–Crippen MR) is 103 cm³/mol. The van der Waals surface area contributed by atoms with Gasteiger partial charge in [-0.05, 0) is 60.9 Å². The molecule has 0 saturated carbocycles. The molecule has 2 aromatic carbocycles. The van der Waals surface area contributed by atoms with Crippen molar-refractivity contribution >= 4 is 23.3 Å². The van der Waals surface area contributed by atoms with Crippen molar-refractivity contribution in [1.82, 2.24) is 0 Å². The SMILES string of the molecule is CC(Cc1ccccc1C(=O)O)c1ccc(N2CCCCC2)c(Cl)c1. The maximum absolute atomic E-state index is 11.4. The first-order valence-corrected chi connectivity index (χ1v) is 9.29. The van der Waals surface area contributed by atoms with Gasteiger partial charge < -0.3 is 10.0 Å². The highest BCUT2D eigenvalue weighted by molar-refractivity contribution is 6.33. The normalized spacial score (nSPS) is 15.8. The molecular formula is C21H24ClNO2. The Balaban J connectivity index is 1.78. The van der Waals surface area contributed by atoms with E-state index in [4.69, 9.17) is 11.6 Å². The van der Waals surface area contributed by atoms with Crippen LogP contribution >= 0.6 is 11.6 Å². The maximum atomic E-state index is 11.4. The summed E-state index contributed by atoms with van der Waals surface area (Å²) in [5.74, 6) is -0.672. The molecule has 1 unspecified atom stereocenters. The average Bonchev–Trinajstić information content (AvgIpc) is 2.62. The Morgan fingerprint density at radius 3 is 2.56 bits per heavy atom. The van der Waals surface area contributed by atoms with Crippen molar-refractivity contribution in [3.05, 3.63) is 64.2 Å². The molecule has 3 rings (SSSR count). The lowest BCUT2D eigenvalue weighted by Crippen LogP contribution is -2.29. The molecule has 0 aromatic heterocycles. The van der Waals surface area contributed by atoms with Crippen LogP contribution in [0, 0.1) is 0 Å². The lowest BCUT2D eigenvalue weighted by atomic mass is 9.91. The Kier molecular flexibility index (Phi) is 5.64. The van der Waals surface area contributed by atoms with E-state index in [1.54, 1.807) is 12.1 Å². The fraction of sp³-hybridized carbons (Fsp3) is 0.381. The van der Waals surface area contributed by atoms with Crippen LogP contribution in [0.4, 0.5) is 5.69 Å². The highest BCUT2D eigenvalue weighted by atomic mass is 35.5. The quantitative estimate of drug-likeness (QED) is 0.781. The number of carboxylic acid groups (broad SMARTS) is 1. The van der Waals surface area contributed by atoms with Gasteiger partial charge in [-0.25, -0.2) is 4.79 Å². The van der Waals surface area contributed by atoms with Crippen molar-refractivity contribution in [3.63, 3.8) is 0 Å². The van der Waals surface area contributed by atoms with E-state index in [0.717, 1.165) is 34.9 Å². The van der Waals surface area contributed by atoms with E-state index >= 15 is 0 Å². The van der Waals surface area contributed by atoms with Crippen molar-refractivity contribution in [2.75, 3.05) is 18.0 Å². The average molecular weight is 358 g/mol. The minimum atomic E-state index is -0.874. The van der Waals surface area contributed by atoms with Gasteiger partial charge in [0.15, 0.2) is 0 Å². The van der Waals surface area contributed by atoms with Crippen LogP contribution < -0.4 is 4.90 Å². The van der Waals surface area contributed by atoms with E-state index in [0.29, 0.717) is 12.0 Å². The first-order chi connectivity index (χ1) is 12.1. The second-order valence-corrected chi connectivity index (χ2v) is 7.23. The fourth-order valence-electron chi connectivity index (χ4n) is 3.58. The van der Waals surface area contributed by atoms with E-state index in [2.05, 4.69) is 24.0 Å². The molecule has 0 amide bonds. The van der Waals surface area contributed by atoms with Crippen LogP contribution in [0.15, 0.2) is 42.5 Å². The number of hydrogen-bond acceptors (Lipinski definition) is 2. The second-order valence-electron chi connectivity index (χ2n) is 6.83. The summed E-state index contributed by atoms with van der Waals surface area (Å²) in [7, 11) is 0. The number of anilines is 1. The van der Waals surface area contributed by atoms with Gasteiger partial charge in [0.1, 0.15) is 0 Å². The fourth-order valence-corrected chi connectivity index (χ4v) is 3.88. The molecule has 2 aromatic rings. The molecule has 132 valence electrons. The third-order valence-corrected chi connectivity index (χ3v) is 5.31. The largest absolute Gasteiger partial charge is 0.478 e. The van der Waals surface area contributed by atoms with Crippen LogP contribution in [-0.2, 0) is 6.42 Å². The lowest BCUT2D eigenvalue weighted by Gasteiger charge is -2.30. The minimum absolute atomic E-state index is 0.202. The van der Waals surface area contributed by atoms with Crippen molar-refractivity contribution in [2.45, 2.75) is 38.5 Å². The molecule has 0 bridgehead atoms. The van der Waals surface area contributed by atoms with Crippen LogP contribution in [0.2, 0.25) is 5.02 Å². The Morgan fingerprint density at radius 2 is 1.88 bits per heavy atom. The third-order valence-electron chi connectivity index (χ3n) is 5.01. The molecule has 25 heavy (non-hydrogen) atoms. The smallest absolute Gasteiger partial charge is 0.335 e. The van der Waals surface area contributed by atoms with Gasteiger partial charge in [0.05, 0.1) is 16.3 Å². The van der Waals surface area contributed by atoms with Gasteiger partial charge in [-0.3, -0.25) is 0 Å². The topological polar surface area (TPSA) is 40.5 Å². The number of nitrogens with zero attached hydrogens (tertiary/aromatic N) is 1. The number of carbonyl (C=O) groups is 1. The van der Waals surface area contributed by atoms with Gasteiger partial charge in [-0.2, -0.15) is 0 Å². The zero-order valence-corrected chi connectivity index (χ0v) is 15.3. The summed E-state index contributed by atoms with van der Waals surface area (Å²) in [6.07, 6.45) is 4.43. The van der Waals surface area contributed by atoms with E-state index in [1.807, 2.05) is 18.2 Å². The molecule has 1 N–H and O–H groups in total. The molecule has 4 heteroatoms. The number of carboxylic acids is 1. The number of benzene rings is 2. The van der Waals surface area contributed by atoms with Gasteiger partial charge in [0.2, 0.25) is 0 Å². The summed E-state index contributed by atoms with van der Waals surface area (Å²) in [5.41, 5.74) is 3.50. The van der Waals surface area contributed by atoms with Gasteiger partial charge in [0.25, 0.3) is 0 Å². The maximum Gasteiger partial charge on any atom is 0.335 e. The highest BCUT2D eigenvalue weighted by Gasteiger charge is 2.17. The zero-order chi connectivity index (χ0) is 17.8. The second kappa shape index (κ2) is 7.92. The Bertz CT molecular complexity index is 753. The first kappa shape index (κ1) is 17.8. The molecule has 1 saturated heterocycles. The third kappa shape index (κ3) is 4.16. The molecule has 1 aliphatic rings. The molecule has 1 aliphatic heterocycles. The number of piperidine rings is 1. The van der Waals surface area contributed by atoms with Crippen molar-refractivity contribution < 1.29 is 9.90 Å². The Labute approximate surface area is 154 Å². The molecule has 1 atom stereocenters. The summed E-state index contributed by atoms with van der Waals surface area (Å²) >= 11 is 6.56.